The molecule has 0 unspecified atom stereocenters. The summed E-state index contributed by atoms with van der Waals surface area (Å²) in [4.78, 5) is 56.0. The average Bonchev–Trinajstić information content (AvgIpc) is 3.32. The van der Waals surface area contributed by atoms with E-state index in [4.69, 9.17) is 9.72 Å². The molecule has 226 valence electrons. The van der Waals surface area contributed by atoms with Crippen LogP contribution in [0.4, 0.5) is 10.7 Å². The molecular formula is C31H38N8O4. The topological polar surface area (TPSA) is 129 Å². The van der Waals surface area contributed by atoms with Crippen molar-refractivity contribution in [2.45, 2.75) is 79.1 Å². The number of amides is 1. The zero-order chi connectivity index (χ0) is 31.1. The highest BCUT2D eigenvalue weighted by atomic mass is 16.6. The molecule has 1 fully saturated rings. The molecule has 1 N–H and O–H groups in total. The maximum Gasteiger partial charge on any atom is 0.407 e. The molecule has 4 aromatic rings. The molecule has 1 aromatic carbocycles. The van der Waals surface area contributed by atoms with E-state index in [1.165, 1.54) is 9.13 Å². The molecule has 1 aliphatic rings. The standard InChI is InChI=1S/C31H38N8O4/c1-8-9-15-38-25-26(35-28(38)37-14-10-11-22(18-37)34-29(41)43-31(4,5)6)36(7)30(42)39(27(25)40)17-21-12-13-23-24(16-21)33-20(3)19(2)32-23/h12-13,16,22H,10-11,14-15,17-18H2,1-7H3,(H,34,41)/t22-/m1/s1. The van der Waals surface area contributed by atoms with Gasteiger partial charge in [0, 0.05) is 26.2 Å². The fraction of sp³-hybridized carbons (Fsp3) is 0.484. The predicted octanol–water partition coefficient (Wildman–Crippen LogP) is 3.02. The number of ether oxygens (including phenoxy) is 1. The van der Waals surface area contributed by atoms with Crippen molar-refractivity contribution < 1.29 is 9.53 Å². The minimum atomic E-state index is -0.603. The normalized spacial score (nSPS) is 15.4. The summed E-state index contributed by atoms with van der Waals surface area (Å²) in [5.41, 5.74) is 2.98. The highest BCUT2D eigenvalue weighted by molar-refractivity contribution is 5.76. The van der Waals surface area contributed by atoms with E-state index in [0.717, 1.165) is 35.3 Å². The lowest BCUT2D eigenvalue weighted by atomic mass is 10.1. The van der Waals surface area contributed by atoms with Gasteiger partial charge in [-0.2, -0.15) is 4.98 Å². The van der Waals surface area contributed by atoms with Crippen LogP contribution in [0.15, 0.2) is 27.8 Å². The fourth-order valence-electron chi connectivity index (χ4n) is 5.36. The van der Waals surface area contributed by atoms with Crippen molar-refractivity contribution in [1.29, 1.82) is 0 Å². The summed E-state index contributed by atoms with van der Waals surface area (Å²) >= 11 is 0. The van der Waals surface area contributed by atoms with Gasteiger partial charge in [-0.25, -0.2) is 19.6 Å². The number of carbonyl (C=O) groups is 1. The highest BCUT2D eigenvalue weighted by Crippen LogP contribution is 2.24. The summed E-state index contributed by atoms with van der Waals surface area (Å²) in [6, 6.07) is 5.41. The number of aromatic nitrogens is 6. The summed E-state index contributed by atoms with van der Waals surface area (Å²) in [6.45, 7) is 12.5. The van der Waals surface area contributed by atoms with Crippen LogP contribution in [0.2, 0.25) is 0 Å². The maximum atomic E-state index is 14.0. The number of hydrogen-bond donors (Lipinski definition) is 1. The first-order chi connectivity index (χ1) is 20.4. The maximum absolute atomic E-state index is 14.0. The monoisotopic (exact) mass is 586 g/mol. The zero-order valence-corrected chi connectivity index (χ0v) is 25.8. The van der Waals surface area contributed by atoms with E-state index in [1.807, 2.05) is 57.7 Å². The number of piperidine rings is 1. The molecular weight excluding hydrogens is 548 g/mol. The SMILES string of the molecule is CC#CCn1c(N2CCC[C@@H](NC(=O)OC(C)(C)C)C2)nc2c1c(=O)n(Cc1ccc3nc(C)c(C)nc3c1)c(=O)n2C. The highest BCUT2D eigenvalue weighted by Gasteiger charge is 2.29. The van der Waals surface area contributed by atoms with Gasteiger partial charge in [0.15, 0.2) is 11.2 Å². The quantitative estimate of drug-likeness (QED) is 0.354. The minimum Gasteiger partial charge on any atom is -0.444 e. The van der Waals surface area contributed by atoms with Crippen molar-refractivity contribution in [1.82, 2.24) is 34.0 Å². The Morgan fingerprint density at radius 3 is 2.51 bits per heavy atom. The van der Waals surface area contributed by atoms with E-state index in [-0.39, 0.29) is 24.8 Å². The van der Waals surface area contributed by atoms with Crippen molar-refractivity contribution in [2.24, 2.45) is 7.05 Å². The first kappa shape index (κ1) is 29.8. The largest absolute Gasteiger partial charge is 0.444 e. The molecule has 12 heteroatoms. The van der Waals surface area contributed by atoms with E-state index in [0.29, 0.717) is 30.1 Å². The summed E-state index contributed by atoms with van der Waals surface area (Å²) in [5.74, 6) is 6.49. The number of hydrogen-bond acceptors (Lipinski definition) is 8. The van der Waals surface area contributed by atoms with Gasteiger partial charge < -0.3 is 15.0 Å². The third-order valence-corrected chi connectivity index (χ3v) is 7.53. The molecule has 0 saturated carbocycles. The van der Waals surface area contributed by atoms with Gasteiger partial charge in [-0.3, -0.25) is 18.5 Å². The molecule has 1 aliphatic heterocycles. The minimum absolute atomic E-state index is 0.0670. The lowest BCUT2D eigenvalue weighted by molar-refractivity contribution is 0.0499. The summed E-state index contributed by atoms with van der Waals surface area (Å²) in [5, 5.41) is 2.96. The Bertz CT molecular complexity index is 1900. The number of nitrogens with zero attached hydrogens (tertiary/aromatic N) is 7. The van der Waals surface area contributed by atoms with Gasteiger partial charge in [0.05, 0.1) is 35.5 Å². The van der Waals surface area contributed by atoms with E-state index >= 15 is 0 Å². The van der Waals surface area contributed by atoms with Gasteiger partial charge in [-0.05, 0) is 72.1 Å². The molecule has 12 nitrogen and oxygen atoms in total. The Labute approximate surface area is 249 Å². The number of benzene rings is 1. The van der Waals surface area contributed by atoms with Crippen LogP contribution in [0.5, 0.6) is 0 Å². The van der Waals surface area contributed by atoms with Crippen LogP contribution >= 0.6 is 0 Å². The van der Waals surface area contributed by atoms with Gasteiger partial charge in [-0.1, -0.05) is 12.0 Å². The molecule has 1 atom stereocenters. The van der Waals surface area contributed by atoms with E-state index in [9.17, 15) is 14.4 Å². The number of nitrogens with one attached hydrogen (secondary N) is 1. The van der Waals surface area contributed by atoms with Crippen LogP contribution in [0.1, 0.15) is 57.5 Å². The zero-order valence-electron chi connectivity index (χ0n) is 25.8. The number of carbonyl (C=O) groups excluding carboxylic acids is 1. The van der Waals surface area contributed by atoms with Crippen molar-refractivity contribution in [3.05, 3.63) is 56.0 Å². The Balaban J connectivity index is 1.54. The van der Waals surface area contributed by atoms with Crippen LogP contribution in [0.3, 0.4) is 0 Å². The molecule has 0 spiro atoms. The summed E-state index contributed by atoms with van der Waals surface area (Å²) in [6.07, 6.45) is 1.11. The van der Waals surface area contributed by atoms with Crippen LogP contribution in [-0.4, -0.2) is 59.5 Å². The first-order valence-corrected chi connectivity index (χ1v) is 14.4. The molecule has 0 aliphatic carbocycles. The third kappa shape index (κ3) is 6.11. The van der Waals surface area contributed by atoms with E-state index < -0.39 is 22.9 Å². The van der Waals surface area contributed by atoms with Crippen molar-refractivity contribution in [3.8, 4) is 11.8 Å². The number of rotatable bonds is 5. The van der Waals surface area contributed by atoms with Gasteiger partial charge in [0.2, 0.25) is 5.95 Å². The van der Waals surface area contributed by atoms with Gasteiger partial charge in [-0.15, -0.1) is 5.92 Å². The number of aryl methyl sites for hydroxylation is 3. The van der Waals surface area contributed by atoms with Crippen molar-refractivity contribution in [2.75, 3.05) is 18.0 Å². The molecule has 0 bridgehead atoms. The summed E-state index contributed by atoms with van der Waals surface area (Å²) in [7, 11) is 1.62. The molecule has 43 heavy (non-hydrogen) atoms. The van der Waals surface area contributed by atoms with Crippen LogP contribution < -0.4 is 21.5 Å². The molecule has 5 rings (SSSR count). The third-order valence-electron chi connectivity index (χ3n) is 7.53. The van der Waals surface area contributed by atoms with Crippen LogP contribution in [-0.2, 0) is 24.9 Å². The number of fused-ring (bicyclic) bond motifs is 2. The summed E-state index contributed by atoms with van der Waals surface area (Å²) < 4.78 is 9.86. The Kier molecular flexibility index (Phi) is 8.01. The predicted molar refractivity (Wildman–Crippen MR) is 165 cm³/mol. The molecule has 0 radical (unpaired) electrons. The Morgan fingerprint density at radius 1 is 1.09 bits per heavy atom. The molecule has 1 amide bonds. The second kappa shape index (κ2) is 11.6. The van der Waals surface area contributed by atoms with Gasteiger partial charge in [0.25, 0.3) is 5.56 Å². The second-order valence-corrected chi connectivity index (χ2v) is 12.0. The van der Waals surface area contributed by atoms with Gasteiger partial charge >= 0.3 is 11.8 Å². The van der Waals surface area contributed by atoms with Gasteiger partial charge in [0.1, 0.15) is 5.60 Å². The molecule has 4 heterocycles. The number of alkyl carbamates (subject to hydrolysis) is 1. The van der Waals surface area contributed by atoms with Crippen molar-refractivity contribution >= 4 is 34.2 Å². The van der Waals surface area contributed by atoms with E-state index in [1.54, 1.807) is 18.5 Å². The van der Waals surface area contributed by atoms with Crippen LogP contribution in [0, 0.1) is 25.7 Å². The first-order valence-electron chi connectivity index (χ1n) is 14.4. The molecule has 3 aromatic heterocycles. The number of imidazole rings is 1. The Hall–Kier alpha value is -4.66. The van der Waals surface area contributed by atoms with Crippen LogP contribution in [0.25, 0.3) is 22.2 Å². The second-order valence-electron chi connectivity index (χ2n) is 12.0. The Morgan fingerprint density at radius 2 is 1.81 bits per heavy atom. The lowest BCUT2D eigenvalue weighted by Crippen LogP contribution is -2.49. The van der Waals surface area contributed by atoms with Crippen molar-refractivity contribution in [3.63, 3.8) is 0 Å². The average molecular weight is 587 g/mol. The fourth-order valence-corrected chi connectivity index (χ4v) is 5.36. The number of anilines is 1. The lowest BCUT2D eigenvalue weighted by Gasteiger charge is -2.34. The smallest absolute Gasteiger partial charge is 0.407 e. The van der Waals surface area contributed by atoms with E-state index in [2.05, 4.69) is 27.1 Å². The molecule has 1 saturated heterocycles.